The Balaban J connectivity index is 1.95. The standard InChI is InChI=1S/C22H28O6/c1-12-13(2)22(15-10-19(26-5)20(27-6)11-16(15)23)28-21(12)14-7-8-17(24-3)18(9-14)25-4/h7-13,21-23H,1-6H3/t12-,13-,21+,22-/m1/s1. The van der Waals surface area contributed by atoms with Crippen LogP contribution in [0, 0.1) is 11.8 Å². The fourth-order valence-electron chi connectivity index (χ4n) is 3.84. The van der Waals surface area contributed by atoms with Crippen molar-refractivity contribution in [3.63, 3.8) is 0 Å². The van der Waals surface area contributed by atoms with Gasteiger partial charge in [0.05, 0.1) is 40.6 Å². The van der Waals surface area contributed by atoms with Gasteiger partial charge in [-0.15, -0.1) is 0 Å². The summed E-state index contributed by atoms with van der Waals surface area (Å²) >= 11 is 0. The highest BCUT2D eigenvalue weighted by Crippen LogP contribution is 2.52. The molecule has 1 aliphatic rings. The Labute approximate surface area is 165 Å². The summed E-state index contributed by atoms with van der Waals surface area (Å²) in [6.07, 6.45) is -0.403. The van der Waals surface area contributed by atoms with Gasteiger partial charge in [0.15, 0.2) is 23.0 Å². The minimum atomic E-state index is -0.270. The van der Waals surface area contributed by atoms with Crippen molar-refractivity contribution in [1.82, 2.24) is 0 Å². The SMILES string of the molecule is COc1ccc([C@H]2O[C@@H](c3cc(OC)c(OC)cc3O)[C@H](C)[C@H]2C)cc1OC. The van der Waals surface area contributed by atoms with Crippen LogP contribution in [0.4, 0.5) is 0 Å². The summed E-state index contributed by atoms with van der Waals surface area (Å²) in [5.74, 6) is 2.94. The number of methoxy groups -OCH3 is 4. The molecule has 2 aromatic rings. The Bertz CT molecular complexity index is 834. The summed E-state index contributed by atoms with van der Waals surface area (Å²) in [6.45, 7) is 4.29. The molecule has 0 amide bonds. The zero-order valence-electron chi connectivity index (χ0n) is 17.2. The molecule has 6 nitrogen and oxygen atoms in total. The predicted molar refractivity (Wildman–Crippen MR) is 106 cm³/mol. The normalized spacial score (nSPS) is 24.1. The molecular weight excluding hydrogens is 360 g/mol. The minimum absolute atomic E-state index is 0.132. The van der Waals surface area contributed by atoms with E-state index in [9.17, 15) is 5.11 Å². The zero-order valence-corrected chi connectivity index (χ0v) is 17.2. The van der Waals surface area contributed by atoms with Crippen LogP contribution < -0.4 is 18.9 Å². The largest absolute Gasteiger partial charge is 0.507 e. The fraction of sp³-hybridized carbons (Fsp3) is 0.455. The van der Waals surface area contributed by atoms with Gasteiger partial charge in [-0.1, -0.05) is 19.9 Å². The molecule has 3 rings (SSSR count). The zero-order chi connectivity index (χ0) is 20.4. The summed E-state index contributed by atoms with van der Waals surface area (Å²) in [7, 11) is 6.35. The van der Waals surface area contributed by atoms with Gasteiger partial charge in [-0.05, 0) is 35.6 Å². The third-order valence-corrected chi connectivity index (χ3v) is 5.65. The van der Waals surface area contributed by atoms with E-state index in [2.05, 4.69) is 13.8 Å². The lowest BCUT2D eigenvalue weighted by Gasteiger charge is -2.20. The molecule has 0 aromatic heterocycles. The number of phenolic OH excluding ortho intramolecular Hbond substituents is 1. The van der Waals surface area contributed by atoms with E-state index in [-0.39, 0.29) is 29.8 Å². The number of rotatable bonds is 6. The molecule has 0 spiro atoms. The van der Waals surface area contributed by atoms with Gasteiger partial charge in [0.2, 0.25) is 0 Å². The average Bonchev–Trinajstić information content (AvgIpc) is 3.01. The fourth-order valence-corrected chi connectivity index (χ4v) is 3.84. The maximum absolute atomic E-state index is 10.6. The first-order chi connectivity index (χ1) is 13.4. The molecule has 152 valence electrons. The third kappa shape index (κ3) is 3.44. The molecule has 0 aliphatic carbocycles. The molecule has 6 heteroatoms. The lowest BCUT2D eigenvalue weighted by atomic mass is 9.85. The van der Waals surface area contributed by atoms with E-state index in [0.29, 0.717) is 28.6 Å². The van der Waals surface area contributed by atoms with Crippen LogP contribution in [0.3, 0.4) is 0 Å². The first-order valence-electron chi connectivity index (χ1n) is 9.27. The summed E-state index contributed by atoms with van der Waals surface area (Å²) in [4.78, 5) is 0. The van der Waals surface area contributed by atoms with Crippen molar-refractivity contribution < 1.29 is 28.8 Å². The summed E-state index contributed by atoms with van der Waals surface area (Å²) in [6, 6.07) is 9.18. The van der Waals surface area contributed by atoms with Crippen LogP contribution >= 0.6 is 0 Å². The second-order valence-corrected chi connectivity index (χ2v) is 7.08. The van der Waals surface area contributed by atoms with E-state index >= 15 is 0 Å². The summed E-state index contributed by atoms with van der Waals surface area (Å²) in [5.41, 5.74) is 1.71. The van der Waals surface area contributed by atoms with Gasteiger partial charge in [-0.3, -0.25) is 0 Å². The van der Waals surface area contributed by atoms with Crippen molar-refractivity contribution in [3.8, 4) is 28.7 Å². The van der Waals surface area contributed by atoms with E-state index in [1.807, 2.05) is 18.2 Å². The predicted octanol–water partition coefficient (Wildman–Crippen LogP) is 4.51. The Hall–Kier alpha value is -2.60. The molecule has 0 bridgehead atoms. The lowest BCUT2D eigenvalue weighted by Crippen LogP contribution is -2.10. The Morgan fingerprint density at radius 1 is 0.714 bits per heavy atom. The highest BCUT2D eigenvalue weighted by atomic mass is 16.5. The lowest BCUT2D eigenvalue weighted by molar-refractivity contribution is 0.0275. The molecule has 0 unspecified atom stereocenters. The molecule has 0 radical (unpaired) electrons. The molecule has 0 saturated carbocycles. The second-order valence-electron chi connectivity index (χ2n) is 7.08. The molecule has 28 heavy (non-hydrogen) atoms. The first kappa shape index (κ1) is 20.1. The Kier molecular flexibility index (Phi) is 5.89. The van der Waals surface area contributed by atoms with E-state index < -0.39 is 0 Å². The van der Waals surface area contributed by atoms with E-state index in [0.717, 1.165) is 5.56 Å². The summed E-state index contributed by atoms with van der Waals surface area (Å²) < 4.78 is 27.9. The molecule has 1 saturated heterocycles. The van der Waals surface area contributed by atoms with Gasteiger partial charge < -0.3 is 28.8 Å². The van der Waals surface area contributed by atoms with Crippen molar-refractivity contribution in [3.05, 3.63) is 41.5 Å². The topological polar surface area (TPSA) is 66.4 Å². The van der Waals surface area contributed by atoms with Crippen molar-refractivity contribution in [2.45, 2.75) is 26.1 Å². The van der Waals surface area contributed by atoms with Gasteiger partial charge in [-0.2, -0.15) is 0 Å². The molecule has 1 N–H and O–H groups in total. The van der Waals surface area contributed by atoms with Crippen LogP contribution in [0.25, 0.3) is 0 Å². The van der Waals surface area contributed by atoms with Gasteiger partial charge in [0.25, 0.3) is 0 Å². The number of hydrogen-bond donors (Lipinski definition) is 1. The van der Waals surface area contributed by atoms with E-state index in [1.54, 1.807) is 40.6 Å². The van der Waals surface area contributed by atoms with Gasteiger partial charge in [0, 0.05) is 11.6 Å². The second kappa shape index (κ2) is 8.19. The van der Waals surface area contributed by atoms with Gasteiger partial charge in [0.1, 0.15) is 5.75 Å². The van der Waals surface area contributed by atoms with Crippen LogP contribution in [0.2, 0.25) is 0 Å². The van der Waals surface area contributed by atoms with Gasteiger partial charge in [-0.25, -0.2) is 0 Å². The Morgan fingerprint density at radius 3 is 1.86 bits per heavy atom. The van der Waals surface area contributed by atoms with Crippen LogP contribution in [0.1, 0.15) is 37.2 Å². The smallest absolute Gasteiger partial charge is 0.164 e. The maximum atomic E-state index is 10.6. The van der Waals surface area contributed by atoms with Crippen molar-refractivity contribution in [1.29, 1.82) is 0 Å². The van der Waals surface area contributed by atoms with Crippen LogP contribution in [-0.4, -0.2) is 33.5 Å². The quantitative estimate of drug-likeness (QED) is 0.785. The molecule has 1 aliphatic heterocycles. The number of phenols is 1. The van der Waals surface area contributed by atoms with Crippen LogP contribution in [0.5, 0.6) is 28.7 Å². The van der Waals surface area contributed by atoms with Crippen molar-refractivity contribution in [2.24, 2.45) is 11.8 Å². The molecule has 4 atom stereocenters. The molecular formula is C22H28O6. The molecule has 1 heterocycles. The molecule has 1 fully saturated rings. The first-order valence-corrected chi connectivity index (χ1v) is 9.27. The van der Waals surface area contributed by atoms with E-state index in [1.165, 1.54) is 0 Å². The maximum Gasteiger partial charge on any atom is 0.164 e. The number of aromatic hydroxyl groups is 1. The Morgan fingerprint density at radius 2 is 1.25 bits per heavy atom. The number of ether oxygens (including phenoxy) is 5. The van der Waals surface area contributed by atoms with Crippen molar-refractivity contribution in [2.75, 3.05) is 28.4 Å². The van der Waals surface area contributed by atoms with E-state index in [4.69, 9.17) is 23.7 Å². The van der Waals surface area contributed by atoms with Crippen molar-refractivity contribution >= 4 is 0 Å². The number of hydrogen-bond acceptors (Lipinski definition) is 6. The minimum Gasteiger partial charge on any atom is -0.507 e. The highest BCUT2D eigenvalue weighted by Gasteiger charge is 2.42. The average molecular weight is 388 g/mol. The van der Waals surface area contributed by atoms with Crippen LogP contribution in [0.15, 0.2) is 30.3 Å². The van der Waals surface area contributed by atoms with Crippen LogP contribution in [-0.2, 0) is 4.74 Å². The molecule has 2 aromatic carbocycles. The number of benzene rings is 2. The van der Waals surface area contributed by atoms with Gasteiger partial charge >= 0.3 is 0 Å². The summed E-state index contributed by atoms with van der Waals surface area (Å²) in [5, 5.41) is 10.6. The highest BCUT2D eigenvalue weighted by molar-refractivity contribution is 5.51. The monoisotopic (exact) mass is 388 g/mol. The third-order valence-electron chi connectivity index (χ3n) is 5.65.